The Bertz CT molecular complexity index is 949. The van der Waals surface area contributed by atoms with Gasteiger partial charge >= 0.3 is 0 Å². The Hall–Kier alpha value is -2.87. The third-order valence-electron chi connectivity index (χ3n) is 4.05. The molecule has 0 bridgehead atoms. The first-order valence-electron chi connectivity index (χ1n) is 8.40. The SMILES string of the molecule is C=CCn1c(SCc2c(F)cccc2F)nnc1-c1cc(OC)cc(OC)c1. The van der Waals surface area contributed by atoms with E-state index in [2.05, 4.69) is 16.8 Å². The molecule has 5 nitrogen and oxygen atoms in total. The van der Waals surface area contributed by atoms with Gasteiger partial charge in [-0.1, -0.05) is 23.9 Å². The molecule has 0 aliphatic heterocycles. The summed E-state index contributed by atoms with van der Waals surface area (Å²) in [4.78, 5) is 0. The first-order valence-corrected chi connectivity index (χ1v) is 9.39. The van der Waals surface area contributed by atoms with Crippen molar-refractivity contribution in [2.75, 3.05) is 14.2 Å². The van der Waals surface area contributed by atoms with E-state index in [1.165, 1.54) is 30.0 Å². The average molecular weight is 403 g/mol. The normalized spacial score (nSPS) is 10.7. The molecule has 0 fully saturated rings. The monoisotopic (exact) mass is 403 g/mol. The molecule has 0 saturated carbocycles. The summed E-state index contributed by atoms with van der Waals surface area (Å²) in [7, 11) is 3.13. The fourth-order valence-corrected chi connectivity index (χ4v) is 3.61. The quantitative estimate of drug-likeness (QED) is 0.402. The van der Waals surface area contributed by atoms with Crippen LogP contribution in [-0.4, -0.2) is 29.0 Å². The highest BCUT2D eigenvalue weighted by Crippen LogP contribution is 2.32. The maximum atomic E-state index is 13.9. The van der Waals surface area contributed by atoms with Crippen molar-refractivity contribution in [1.82, 2.24) is 14.8 Å². The van der Waals surface area contributed by atoms with E-state index < -0.39 is 11.6 Å². The lowest BCUT2D eigenvalue weighted by Crippen LogP contribution is -2.02. The summed E-state index contributed by atoms with van der Waals surface area (Å²) in [6.07, 6.45) is 1.71. The molecule has 1 heterocycles. The fourth-order valence-electron chi connectivity index (χ4n) is 2.65. The fraction of sp³-hybridized carbons (Fsp3) is 0.200. The highest BCUT2D eigenvalue weighted by Gasteiger charge is 2.17. The van der Waals surface area contributed by atoms with E-state index in [1.807, 2.05) is 16.7 Å². The number of rotatable bonds is 8. The number of benzene rings is 2. The van der Waals surface area contributed by atoms with E-state index in [1.54, 1.807) is 26.4 Å². The predicted octanol–water partition coefficient (Wildman–Crippen LogP) is 4.72. The van der Waals surface area contributed by atoms with Crippen molar-refractivity contribution in [3.8, 4) is 22.9 Å². The van der Waals surface area contributed by atoms with Crippen LogP contribution in [0, 0.1) is 11.6 Å². The second-order valence-corrected chi connectivity index (χ2v) is 6.74. The van der Waals surface area contributed by atoms with Gasteiger partial charge in [0, 0.05) is 29.5 Å². The molecular formula is C20H19F2N3O2S. The lowest BCUT2D eigenvalue weighted by atomic mass is 10.2. The van der Waals surface area contributed by atoms with Gasteiger partial charge in [-0.2, -0.15) is 0 Å². The summed E-state index contributed by atoms with van der Waals surface area (Å²) in [5, 5.41) is 8.98. The number of nitrogens with zero attached hydrogens (tertiary/aromatic N) is 3. The lowest BCUT2D eigenvalue weighted by Gasteiger charge is -2.11. The maximum Gasteiger partial charge on any atom is 0.192 e. The topological polar surface area (TPSA) is 49.2 Å². The van der Waals surface area contributed by atoms with Gasteiger partial charge in [-0.3, -0.25) is 4.57 Å². The van der Waals surface area contributed by atoms with Crippen LogP contribution in [0.1, 0.15) is 5.56 Å². The largest absolute Gasteiger partial charge is 0.497 e. The van der Waals surface area contributed by atoms with Crippen molar-refractivity contribution in [3.63, 3.8) is 0 Å². The zero-order valence-electron chi connectivity index (χ0n) is 15.5. The number of allylic oxidation sites excluding steroid dienone is 1. The molecule has 8 heteroatoms. The molecule has 146 valence electrons. The van der Waals surface area contributed by atoms with Crippen molar-refractivity contribution in [3.05, 3.63) is 66.3 Å². The second kappa shape index (κ2) is 8.88. The van der Waals surface area contributed by atoms with E-state index in [0.29, 0.717) is 29.0 Å². The highest BCUT2D eigenvalue weighted by atomic mass is 32.2. The summed E-state index contributed by atoms with van der Waals surface area (Å²) in [5.74, 6) is 0.735. The zero-order valence-corrected chi connectivity index (χ0v) is 16.3. The molecule has 0 N–H and O–H groups in total. The number of methoxy groups -OCH3 is 2. The molecule has 0 unspecified atom stereocenters. The molecule has 0 spiro atoms. The highest BCUT2D eigenvalue weighted by molar-refractivity contribution is 7.98. The zero-order chi connectivity index (χ0) is 20.1. The minimum Gasteiger partial charge on any atom is -0.497 e. The van der Waals surface area contributed by atoms with Crippen molar-refractivity contribution in [2.24, 2.45) is 0 Å². The molecule has 3 rings (SSSR count). The Morgan fingerprint density at radius 1 is 1.07 bits per heavy atom. The molecule has 0 amide bonds. The van der Waals surface area contributed by atoms with Gasteiger partial charge in [-0.15, -0.1) is 16.8 Å². The maximum absolute atomic E-state index is 13.9. The Kier molecular flexibility index (Phi) is 6.30. The number of hydrogen-bond donors (Lipinski definition) is 0. The Morgan fingerprint density at radius 2 is 1.71 bits per heavy atom. The predicted molar refractivity (Wildman–Crippen MR) is 105 cm³/mol. The van der Waals surface area contributed by atoms with Gasteiger partial charge in [0.1, 0.15) is 23.1 Å². The van der Waals surface area contributed by atoms with Gasteiger partial charge in [-0.05, 0) is 24.3 Å². The van der Waals surface area contributed by atoms with Gasteiger partial charge in [0.15, 0.2) is 11.0 Å². The van der Waals surface area contributed by atoms with E-state index in [0.717, 1.165) is 5.56 Å². The van der Waals surface area contributed by atoms with Gasteiger partial charge in [-0.25, -0.2) is 8.78 Å². The Morgan fingerprint density at radius 3 is 2.29 bits per heavy atom. The third kappa shape index (κ3) is 4.17. The molecule has 1 aromatic heterocycles. The molecule has 0 radical (unpaired) electrons. The first-order chi connectivity index (χ1) is 13.6. The molecule has 0 atom stereocenters. The Labute approximate surface area is 166 Å². The number of aromatic nitrogens is 3. The van der Waals surface area contributed by atoms with Crippen LogP contribution >= 0.6 is 11.8 Å². The van der Waals surface area contributed by atoms with Crippen molar-refractivity contribution in [2.45, 2.75) is 17.5 Å². The minimum atomic E-state index is -0.583. The van der Waals surface area contributed by atoms with Crippen molar-refractivity contribution in [1.29, 1.82) is 0 Å². The van der Waals surface area contributed by atoms with Crippen LogP contribution in [0.25, 0.3) is 11.4 Å². The van der Waals surface area contributed by atoms with Gasteiger partial charge in [0.05, 0.1) is 14.2 Å². The van der Waals surface area contributed by atoms with E-state index in [9.17, 15) is 8.78 Å². The Balaban J connectivity index is 1.95. The molecule has 2 aromatic carbocycles. The molecule has 28 heavy (non-hydrogen) atoms. The average Bonchev–Trinajstić information content (AvgIpc) is 3.10. The summed E-state index contributed by atoms with van der Waals surface area (Å²) in [6, 6.07) is 9.21. The van der Waals surface area contributed by atoms with Crippen LogP contribution in [-0.2, 0) is 12.3 Å². The van der Waals surface area contributed by atoms with Crippen molar-refractivity contribution >= 4 is 11.8 Å². The summed E-state index contributed by atoms with van der Waals surface area (Å²) >= 11 is 1.20. The van der Waals surface area contributed by atoms with E-state index in [4.69, 9.17) is 9.47 Å². The summed E-state index contributed by atoms with van der Waals surface area (Å²) < 4.78 is 40.2. The van der Waals surface area contributed by atoms with E-state index in [-0.39, 0.29) is 11.3 Å². The van der Waals surface area contributed by atoms with E-state index >= 15 is 0 Å². The number of ether oxygens (including phenoxy) is 2. The van der Waals surface area contributed by atoms with Crippen LogP contribution < -0.4 is 9.47 Å². The summed E-state index contributed by atoms with van der Waals surface area (Å²) in [6.45, 7) is 4.20. The van der Waals surface area contributed by atoms with Crippen LogP contribution in [0.5, 0.6) is 11.5 Å². The van der Waals surface area contributed by atoms with Gasteiger partial charge in [0.25, 0.3) is 0 Å². The van der Waals surface area contributed by atoms with Crippen LogP contribution in [0.15, 0.2) is 54.2 Å². The third-order valence-corrected chi connectivity index (χ3v) is 5.04. The van der Waals surface area contributed by atoms with Gasteiger partial charge < -0.3 is 9.47 Å². The number of hydrogen-bond acceptors (Lipinski definition) is 5. The minimum absolute atomic E-state index is 0.00486. The lowest BCUT2D eigenvalue weighted by molar-refractivity contribution is 0.394. The molecule has 0 aliphatic carbocycles. The van der Waals surface area contributed by atoms with Crippen LogP contribution in [0.3, 0.4) is 0 Å². The summed E-state index contributed by atoms with van der Waals surface area (Å²) in [5.41, 5.74) is 0.750. The molecular weight excluding hydrogens is 384 g/mol. The second-order valence-electron chi connectivity index (χ2n) is 5.80. The van der Waals surface area contributed by atoms with Crippen molar-refractivity contribution < 1.29 is 18.3 Å². The van der Waals surface area contributed by atoms with Crippen LogP contribution in [0.2, 0.25) is 0 Å². The first kappa shape index (κ1) is 19.9. The molecule has 0 aliphatic rings. The smallest absolute Gasteiger partial charge is 0.192 e. The molecule has 0 saturated heterocycles. The molecule has 3 aromatic rings. The van der Waals surface area contributed by atoms with Gasteiger partial charge in [0.2, 0.25) is 0 Å². The standard InChI is InChI=1S/C20H19F2N3O2S/c1-4-8-25-19(13-9-14(26-2)11-15(10-13)27-3)23-24-20(25)28-12-16-17(21)6-5-7-18(16)22/h4-7,9-11H,1,8,12H2,2-3H3. The number of thioether (sulfide) groups is 1. The van der Waals surface area contributed by atoms with Crippen LogP contribution in [0.4, 0.5) is 8.78 Å². The number of halogens is 2.